The first-order valence-electron chi connectivity index (χ1n) is 5.65. The van der Waals surface area contributed by atoms with E-state index in [1.54, 1.807) is 11.4 Å². The zero-order chi connectivity index (χ0) is 15.4. The minimum absolute atomic E-state index is 0.227. The van der Waals surface area contributed by atoms with Crippen molar-refractivity contribution in [3.8, 4) is 11.8 Å². The Morgan fingerprint density at radius 1 is 1.24 bits per heavy atom. The molecule has 0 unspecified atom stereocenters. The Hall–Kier alpha value is -1.22. The van der Waals surface area contributed by atoms with Gasteiger partial charge in [-0.15, -0.1) is 11.3 Å². The van der Waals surface area contributed by atoms with Crippen LogP contribution in [0.15, 0.2) is 23.6 Å². The van der Waals surface area contributed by atoms with Gasteiger partial charge >= 0.3 is 0 Å². The molecule has 21 heavy (non-hydrogen) atoms. The number of nitrogens with one attached hydrogen (secondary N) is 1. The first kappa shape index (κ1) is 16.2. The van der Waals surface area contributed by atoms with Crippen LogP contribution in [0.1, 0.15) is 15.2 Å². The van der Waals surface area contributed by atoms with Gasteiger partial charge in [0.25, 0.3) is 5.91 Å². The Bertz CT molecular complexity index is 723. The van der Waals surface area contributed by atoms with E-state index < -0.39 is 0 Å². The molecule has 0 saturated heterocycles. The molecule has 0 bridgehead atoms. The number of thiophene rings is 1. The summed E-state index contributed by atoms with van der Waals surface area (Å²) in [6.45, 7) is -0.227. The smallest absolute Gasteiger partial charge is 0.256 e. The number of aliphatic hydroxyl groups excluding tert-OH is 1. The van der Waals surface area contributed by atoms with Crippen LogP contribution in [0, 0.1) is 11.8 Å². The number of hydrogen-bond donors (Lipinski definition) is 2. The Kier molecular flexibility index (Phi) is 5.51. The summed E-state index contributed by atoms with van der Waals surface area (Å²) in [4.78, 5) is 12.8. The van der Waals surface area contributed by atoms with E-state index in [4.69, 9.17) is 39.9 Å². The Morgan fingerprint density at radius 3 is 2.52 bits per heavy atom. The van der Waals surface area contributed by atoms with E-state index >= 15 is 0 Å². The number of anilines is 1. The third-order valence-corrected chi connectivity index (χ3v) is 4.06. The predicted molar refractivity (Wildman–Crippen MR) is 87.7 cm³/mol. The molecule has 7 heteroatoms. The number of carbonyl (C=O) groups excluding carboxylic acids is 1. The highest BCUT2D eigenvalue weighted by Crippen LogP contribution is 2.34. The first-order valence-corrected chi connectivity index (χ1v) is 7.66. The van der Waals surface area contributed by atoms with Gasteiger partial charge in [-0.3, -0.25) is 4.79 Å². The molecule has 0 aliphatic rings. The number of hydrogen-bond acceptors (Lipinski definition) is 3. The SMILES string of the molecule is O=C(Nc1c(Cl)cc(Cl)cc1Cl)c1csc(C#CCO)c1. The second-order valence-corrected chi connectivity index (χ2v) is 6.02. The van der Waals surface area contributed by atoms with E-state index in [1.807, 2.05) is 0 Å². The topological polar surface area (TPSA) is 49.3 Å². The molecule has 108 valence electrons. The summed E-state index contributed by atoms with van der Waals surface area (Å²) in [5.41, 5.74) is 0.742. The second-order valence-electron chi connectivity index (χ2n) is 3.86. The first-order chi connectivity index (χ1) is 10.0. The van der Waals surface area contributed by atoms with Crippen molar-refractivity contribution in [3.63, 3.8) is 0 Å². The summed E-state index contributed by atoms with van der Waals surface area (Å²) in [7, 11) is 0. The molecular formula is C14H8Cl3NO2S. The molecule has 1 aromatic heterocycles. The summed E-state index contributed by atoms with van der Waals surface area (Å²) in [5, 5.41) is 13.8. The maximum absolute atomic E-state index is 12.1. The van der Waals surface area contributed by atoms with Gasteiger partial charge in [0.15, 0.2) is 0 Å². The van der Waals surface area contributed by atoms with Gasteiger partial charge < -0.3 is 10.4 Å². The minimum atomic E-state index is -0.352. The van der Waals surface area contributed by atoms with Gasteiger partial charge in [-0.05, 0) is 18.2 Å². The van der Waals surface area contributed by atoms with Crippen LogP contribution in [0.3, 0.4) is 0 Å². The zero-order valence-corrected chi connectivity index (χ0v) is 13.5. The van der Waals surface area contributed by atoms with Gasteiger partial charge in [-0.25, -0.2) is 0 Å². The van der Waals surface area contributed by atoms with E-state index in [0.717, 1.165) is 0 Å². The zero-order valence-electron chi connectivity index (χ0n) is 10.4. The molecule has 3 nitrogen and oxygen atoms in total. The van der Waals surface area contributed by atoms with Crippen molar-refractivity contribution in [2.45, 2.75) is 0 Å². The molecule has 2 rings (SSSR count). The summed E-state index contributed by atoms with van der Waals surface area (Å²) in [5.74, 6) is 4.90. The molecule has 1 heterocycles. The average molecular weight is 361 g/mol. The Balaban J connectivity index is 2.20. The van der Waals surface area contributed by atoms with Crippen molar-refractivity contribution in [1.82, 2.24) is 0 Å². The van der Waals surface area contributed by atoms with Crippen LogP contribution < -0.4 is 5.32 Å². The van der Waals surface area contributed by atoms with E-state index in [0.29, 0.717) is 21.2 Å². The molecule has 0 spiro atoms. The maximum Gasteiger partial charge on any atom is 0.256 e. The summed E-state index contributed by atoms with van der Waals surface area (Å²) in [6, 6.07) is 4.62. The van der Waals surface area contributed by atoms with E-state index in [1.165, 1.54) is 23.5 Å². The van der Waals surface area contributed by atoms with Crippen molar-refractivity contribution in [2.75, 3.05) is 11.9 Å². The lowest BCUT2D eigenvalue weighted by Gasteiger charge is -2.08. The van der Waals surface area contributed by atoms with Gasteiger partial charge in [0, 0.05) is 10.4 Å². The monoisotopic (exact) mass is 359 g/mol. The second kappa shape index (κ2) is 7.17. The van der Waals surface area contributed by atoms with Gasteiger partial charge in [-0.2, -0.15) is 0 Å². The number of rotatable bonds is 2. The van der Waals surface area contributed by atoms with Crippen LogP contribution in [-0.2, 0) is 0 Å². The number of aliphatic hydroxyl groups is 1. The normalized spacial score (nSPS) is 9.90. The third-order valence-electron chi connectivity index (χ3n) is 2.40. The molecule has 0 saturated carbocycles. The van der Waals surface area contributed by atoms with Crippen molar-refractivity contribution in [3.05, 3.63) is 49.1 Å². The van der Waals surface area contributed by atoms with Crippen molar-refractivity contribution >= 4 is 57.7 Å². The molecule has 0 fully saturated rings. The molecule has 1 amide bonds. The number of amides is 1. The van der Waals surface area contributed by atoms with Crippen LogP contribution in [-0.4, -0.2) is 17.6 Å². The highest BCUT2D eigenvalue weighted by molar-refractivity contribution is 7.10. The lowest BCUT2D eigenvalue weighted by atomic mass is 10.2. The van der Waals surface area contributed by atoms with E-state index in [2.05, 4.69) is 17.2 Å². The van der Waals surface area contributed by atoms with Gasteiger partial charge in [0.1, 0.15) is 6.61 Å². The van der Waals surface area contributed by atoms with Crippen LogP contribution in [0.2, 0.25) is 15.1 Å². The van der Waals surface area contributed by atoms with Gasteiger partial charge in [-0.1, -0.05) is 46.6 Å². The largest absolute Gasteiger partial charge is 0.384 e. The Morgan fingerprint density at radius 2 is 1.90 bits per heavy atom. The standard InChI is InChI=1S/C14H8Cl3NO2S/c15-9-5-11(16)13(12(17)6-9)18-14(20)8-4-10(21-7-8)2-1-3-19/h4-7,19H,3H2,(H,18,20). The molecule has 1 aromatic carbocycles. The quantitative estimate of drug-likeness (QED) is 0.784. The van der Waals surface area contributed by atoms with Crippen molar-refractivity contribution in [2.24, 2.45) is 0 Å². The number of carbonyl (C=O) groups is 1. The van der Waals surface area contributed by atoms with Gasteiger partial charge in [0.2, 0.25) is 0 Å². The van der Waals surface area contributed by atoms with Gasteiger partial charge in [0.05, 0.1) is 26.2 Å². The molecule has 0 radical (unpaired) electrons. The molecule has 0 aliphatic carbocycles. The minimum Gasteiger partial charge on any atom is -0.384 e. The van der Waals surface area contributed by atoms with Crippen LogP contribution in [0.4, 0.5) is 5.69 Å². The highest BCUT2D eigenvalue weighted by atomic mass is 35.5. The summed E-state index contributed by atoms with van der Waals surface area (Å²) >= 11 is 19.1. The van der Waals surface area contributed by atoms with Crippen molar-refractivity contribution < 1.29 is 9.90 Å². The fourth-order valence-electron chi connectivity index (χ4n) is 1.49. The number of benzene rings is 1. The third kappa shape index (κ3) is 4.13. The molecule has 2 aromatic rings. The molecule has 0 aliphatic heterocycles. The van der Waals surface area contributed by atoms with E-state index in [-0.39, 0.29) is 22.6 Å². The molecule has 2 N–H and O–H groups in total. The van der Waals surface area contributed by atoms with Crippen LogP contribution in [0.5, 0.6) is 0 Å². The molecular weight excluding hydrogens is 353 g/mol. The van der Waals surface area contributed by atoms with Crippen molar-refractivity contribution in [1.29, 1.82) is 0 Å². The maximum atomic E-state index is 12.1. The molecule has 0 atom stereocenters. The fourth-order valence-corrected chi connectivity index (χ4v) is 3.16. The Labute approximate surface area is 140 Å². The van der Waals surface area contributed by atoms with E-state index in [9.17, 15) is 4.79 Å². The predicted octanol–water partition coefficient (Wildman–Crippen LogP) is 4.30. The lowest BCUT2D eigenvalue weighted by Crippen LogP contribution is -2.11. The average Bonchev–Trinajstić information content (AvgIpc) is 2.89. The lowest BCUT2D eigenvalue weighted by molar-refractivity contribution is 0.102. The number of halogens is 3. The highest BCUT2D eigenvalue weighted by Gasteiger charge is 2.14. The summed E-state index contributed by atoms with van der Waals surface area (Å²) < 4.78 is 0. The van der Waals surface area contributed by atoms with Crippen LogP contribution >= 0.6 is 46.1 Å². The fraction of sp³-hybridized carbons (Fsp3) is 0.0714. The van der Waals surface area contributed by atoms with Crippen LogP contribution in [0.25, 0.3) is 0 Å². The summed E-state index contributed by atoms with van der Waals surface area (Å²) in [6.07, 6.45) is 0.